The first-order valence-electron chi connectivity index (χ1n) is 10.7. The smallest absolute Gasteiger partial charge is 0.260 e. The predicted octanol–water partition coefficient (Wildman–Crippen LogP) is 5.42. The highest BCUT2D eigenvalue weighted by Crippen LogP contribution is 2.34. The maximum atomic E-state index is 13.3. The SMILES string of the molecule is CN(C(=O)CSc1nc2scc(-c3ccc(F)cc3)c2c(=O)[nH]1)C1CCCc2ccccc21. The van der Waals surface area contributed by atoms with Crippen molar-refractivity contribution in [2.45, 2.75) is 30.5 Å². The highest BCUT2D eigenvalue weighted by Gasteiger charge is 2.26. The molecule has 168 valence electrons. The summed E-state index contributed by atoms with van der Waals surface area (Å²) in [5.41, 5.74) is 3.77. The van der Waals surface area contributed by atoms with Crippen LogP contribution in [0.15, 0.2) is 63.9 Å². The number of nitrogens with zero attached hydrogens (tertiary/aromatic N) is 2. The van der Waals surface area contributed by atoms with Crippen LogP contribution in [-0.2, 0) is 11.2 Å². The van der Waals surface area contributed by atoms with Gasteiger partial charge in [0, 0.05) is 18.0 Å². The number of benzene rings is 2. The number of aryl methyl sites for hydroxylation is 1. The first-order valence-corrected chi connectivity index (χ1v) is 12.6. The van der Waals surface area contributed by atoms with Crippen LogP contribution in [-0.4, -0.2) is 33.6 Å². The Morgan fingerprint density at radius 1 is 1.24 bits per heavy atom. The second-order valence-corrected chi connectivity index (χ2v) is 9.93. The van der Waals surface area contributed by atoms with E-state index in [0.717, 1.165) is 30.4 Å². The first-order chi connectivity index (χ1) is 16.0. The number of aromatic amines is 1. The number of rotatable bonds is 5. The zero-order valence-electron chi connectivity index (χ0n) is 18.0. The summed E-state index contributed by atoms with van der Waals surface area (Å²) in [5.74, 6) is -0.127. The summed E-state index contributed by atoms with van der Waals surface area (Å²) in [6, 6.07) is 14.4. The van der Waals surface area contributed by atoms with Gasteiger partial charge in [0.2, 0.25) is 5.91 Å². The second-order valence-electron chi connectivity index (χ2n) is 8.11. The van der Waals surface area contributed by atoms with Crippen molar-refractivity contribution in [3.05, 3.63) is 81.2 Å². The third kappa shape index (κ3) is 4.32. The van der Waals surface area contributed by atoms with Gasteiger partial charge < -0.3 is 9.88 Å². The van der Waals surface area contributed by atoms with E-state index in [4.69, 9.17) is 0 Å². The Hall–Kier alpha value is -2.97. The van der Waals surface area contributed by atoms with Gasteiger partial charge in [0.1, 0.15) is 10.6 Å². The number of amides is 1. The fourth-order valence-corrected chi connectivity index (χ4v) is 6.17. The molecule has 0 radical (unpaired) electrons. The van der Waals surface area contributed by atoms with E-state index in [1.165, 1.54) is 46.4 Å². The molecule has 2 aromatic heterocycles. The fraction of sp³-hybridized carbons (Fsp3) is 0.240. The molecule has 0 aliphatic heterocycles. The molecule has 8 heteroatoms. The minimum atomic E-state index is -0.324. The summed E-state index contributed by atoms with van der Waals surface area (Å²) in [7, 11) is 1.85. The Morgan fingerprint density at radius 2 is 2.03 bits per heavy atom. The number of thioether (sulfide) groups is 1. The average molecular weight is 480 g/mol. The molecule has 2 heterocycles. The van der Waals surface area contributed by atoms with E-state index >= 15 is 0 Å². The Balaban J connectivity index is 1.32. The minimum absolute atomic E-state index is 0.00243. The standard InChI is InChI=1S/C25H22FN3O2S2/c1-29(20-8-4-6-15-5-2-3-7-18(15)20)21(30)14-33-25-27-23(31)22-19(13-32-24(22)28-25)16-9-11-17(26)12-10-16/h2-3,5,7,9-13,20H,4,6,8,14H2,1H3,(H,27,28,31). The number of fused-ring (bicyclic) bond motifs is 2. The molecule has 0 saturated heterocycles. The second kappa shape index (κ2) is 9.11. The van der Waals surface area contributed by atoms with Crippen LogP contribution >= 0.6 is 23.1 Å². The molecule has 5 rings (SSSR count). The van der Waals surface area contributed by atoms with Gasteiger partial charge in [0.25, 0.3) is 5.56 Å². The summed E-state index contributed by atoms with van der Waals surface area (Å²) >= 11 is 2.60. The van der Waals surface area contributed by atoms with Gasteiger partial charge >= 0.3 is 0 Å². The molecule has 0 fully saturated rings. The molecule has 1 aliphatic carbocycles. The normalized spacial score (nSPS) is 15.4. The van der Waals surface area contributed by atoms with Gasteiger partial charge in [-0.25, -0.2) is 9.37 Å². The molecule has 1 N–H and O–H groups in total. The molecule has 1 atom stereocenters. The Morgan fingerprint density at radius 3 is 2.85 bits per heavy atom. The Kier molecular flexibility index (Phi) is 6.03. The maximum absolute atomic E-state index is 13.3. The molecule has 1 unspecified atom stereocenters. The van der Waals surface area contributed by atoms with Crippen molar-refractivity contribution < 1.29 is 9.18 Å². The van der Waals surface area contributed by atoms with Gasteiger partial charge in [0.15, 0.2) is 5.16 Å². The zero-order valence-corrected chi connectivity index (χ0v) is 19.6. The van der Waals surface area contributed by atoms with Crippen molar-refractivity contribution in [2.24, 2.45) is 0 Å². The third-order valence-corrected chi connectivity index (χ3v) is 7.84. The van der Waals surface area contributed by atoms with Crippen molar-refractivity contribution in [1.29, 1.82) is 0 Å². The van der Waals surface area contributed by atoms with Crippen molar-refractivity contribution in [2.75, 3.05) is 12.8 Å². The number of hydrogen-bond donors (Lipinski definition) is 1. The molecule has 0 saturated carbocycles. The van der Waals surface area contributed by atoms with E-state index < -0.39 is 0 Å². The number of aromatic nitrogens is 2. The first kappa shape index (κ1) is 21.9. The lowest BCUT2D eigenvalue weighted by Crippen LogP contribution is -2.34. The lowest BCUT2D eigenvalue weighted by molar-refractivity contribution is -0.129. The number of H-pyrrole nitrogens is 1. The number of nitrogens with one attached hydrogen (secondary N) is 1. The number of carbonyl (C=O) groups excluding carboxylic acids is 1. The predicted molar refractivity (Wildman–Crippen MR) is 131 cm³/mol. The topological polar surface area (TPSA) is 66.1 Å². The molecule has 0 spiro atoms. The van der Waals surface area contributed by atoms with Gasteiger partial charge in [-0.05, 0) is 48.1 Å². The van der Waals surface area contributed by atoms with Gasteiger partial charge in [-0.2, -0.15) is 0 Å². The summed E-state index contributed by atoms with van der Waals surface area (Å²) in [6.07, 6.45) is 3.06. The van der Waals surface area contributed by atoms with E-state index in [1.54, 1.807) is 12.1 Å². The van der Waals surface area contributed by atoms with Crippen molar-refractivity contribution in [3.63, 3.8) is 0 Å². The summed E-state index contributed by atoms with van der Waals surface area (Å²) in [5, 5.41) is 2.76. The highest BCUT2D eigenvalue weighted by molar-refractivity contribution is 7.99. The van der Waals surface area contributed by atoms with Crippen LogP contribution < -0.4 is 5.56 Å². The van der Waals surface area contributed by atoms with E-state index in [2.05, 4.69) is 22.1 Å². The molecular weight excluding hydrogens is 457 g/mol. The van der Waals surface area contributed by atoms with Gasteiger partial charge in [-0.3, -0.25) is 9.59 Å². The maximum Gasteiger partial charge on any atom is 0.260 e. The highest BCUT2D eigenvalue weighted by atomic mass is 32.2. The molecule has 0 bridgehead atoms. The molecule has 2 aromatic carbocycles. The third-order valence-electron chi connectivity index (χ3n) is 6.11. The average Bonchev–Trinajstić information content (AvgIpc) is 3.27. The number of halogens is 1. The van der Waals surface area contributed by atoms with Crippen LogP contribution in [0.5, 0.6) is 0 Å². The molecule has 1 aliphatic rings. The van der Waals surface area contributed by atoms with Crippen LogP contribution in [0, 0.1) is 5.82 Å². The van der Waals surface area contributed by atoms with Crippen LogP contribution in [0.25, 0.3) is 21.3 Å². The van der Waals surface area contributed by atoms with Gasteiger partial charge in [-0.15, -0.1) is 11.3 Å². The molecular formula is C25H22FN3O2S2. The monoisotopic (exact) mass is 479 g/mol. The van der Waals surface area contributed by atoms with E-state index in [-0.39, 0.29) is 29.1 Å². The lowest BCUT2D eigenvalue weighted by Gasteiger charge is -2.33. The quantitative estimate of drug-likeness (QED) is 0.307. The van der Waals surface area contributed by atoms with E-state index in [9.17, 15) is 14.0 Å². The summed E-state index contributed by atoms with van der Waals surface area (Å²) < 4.78 is 13.3. The molecule has 5 nitrogen and oxygen atoms in total. The zero-order chi connectivity index (χ0) is 22.9. The lowest BCUT2D eigenvalue weighted by atomic mass is 9.87. The molecule has 33 heavy (non-hydrogen) atoms. The van der Waals surface area contributed by atoms with Gasteiger partial charge in [0.05, 0.1) is 17.2 Å². The van der Waals surface area contributed by atoms with Crippen molar-refractivity contribution >= 4 is 39.2 Å². The molecule has 1 amide bonds. The number of thiophene rings is 1. The Labute approximate surface area is 198 Å². The summed E-state index contributed by atoms with van der Waals surface area (Å²) in [6.45, 7) is 0. The van der Waals surface area contributed by atoms with E-state index in [1.807, 2.05) is 29.5 Å². The largest absolute Gasteiger partial charge is 0.338 e. The number of carbonyl (C=O) groups is 1. The van der Waals surface area contributed by atoms with Crippen molar-refractivity contribution in [3.8, 4) is 11.1 Å². The molecule has 4 aromatic rings. The minimum Gasteiger partial charge on any atom is -0.338 e. The van der Waals surface area contributed by atoms with E-state index in [0.29, 0.717) is 15.4 Å². The van der Waals surface area contributed by atoms with Crippen LogP contribution in [0.3, 0.4) is 0 Å². The fourth-order valence-electron chi connectivity index (χ4n) is 4.38. The van der Waals surface area contributed by atoms with Crippen LogP contribution in [0.1, 0.15) is 30.0 Å². The Bertz CT molecular complexity index is 1380. The summed E-state index contributed by atoms with van der Waals surface area (Å²) in [4.78, 5) is 35.5. The van der Waals surface area contributed by atoms with Crippen LogP contribution in [0.4, 0.5) is 4.39 Å². The van der Waals surface area contributed by atoms with Crippen LogP contribution in [0.2, 0.25) is 0 Å². The number of hydrogen-bond acceptors (Lipinski definition) is 5. The van der Waals surface area contributed by atoms with Gasteiger partial charge in [-0.1, -0.05) is 48.2 Å². The van der Waals surface area contributed by atoms with Crippen molar-refractivity contribution in [1.82, 2.24) is 14.9 Å².